The number of hydrogen-bond donors (Lipinski definition) is 3. The van der Waals surface area contributed by atoms with E-state index in [0.29, 0.717) is 0 Å². The maximum absolute atomic E-state index is 11.9. The van der Waals surface area contributed by atoms with Crippen LogP contribution in [0.5, 0.6) is 5.75 Å². The second-order valence-corrected chi connectivity index (χ2v) is 4.50. The Hall–Kier alpha value is -1.75. The molecule has 5 nitrogen and oxygen atoms in total. The molecule has 0 amide bonds. The molecule has 5 heteroatoms. The number of piperidine rings is 1. The summed E-state index contributed by atoms with van der Waals surface area (Å²) >= 11 is 0. The van der Waals surface area contributed by atoms with E-state index in [-0.39, 0.29) is 17.5 Å². The number of H-pyrrole nitrogens is 1. The van der Waals surface area contributed by atoms with Gasteiger partial charge in [0.05, 0.1) is 17.1 Å². The number of aromatic amines is 1. The van der Waals surface area contributed by atoms with Crippen molar-refractivity contribution in [2.45, 2.75) is 18.9 Å². The Morgan fingerprint density at radius 2 is 2.29 bits per heavy atom. The molecule has 1 fully saturated rings. The van der Waals surface area contributed by atoms with Crippen LogP contribution in [0, 0.1) is 0 Å². The number of benzene rings is 1. The highest BCUT2D eigenvalue weighted by Crippen LogP contribution is 2.23. The Labute approximate surface area is 98.1 Å². The van der Waals surface area contributed by atoms with Crippen LogP contribution in [0.3, 0.4) is 0 Å². The predicted octanol–water partition coefficient (Wildman–Crippen LogP) is 0.960. The molecule has 1 atom stereocenters. The van der Waals surface area contributed by atoms with Crippen LogP contribution < -0.4 is 11.0 Å². The topological polar surface area (TPSA) is 70.0 Å². The molecule has 1 aromatic heterocycles. The summed E-state index contributed by atoms with van der Waals surface area (Å²) < 4.78 is 1.75. The fourth-order valence-electron chi connectivity index (χ4n) is 2.53. The number of fused-ring (bicyclic) bond motifs is 1. The van der Waals surface area contributed by atoms with Gasteiger partial charge in [0, 0.05) is 12.6 Å². The van der Waals surface area contributed by atoms with Gasteiger partial charge in [0.25, 0.3) is 0 Å². The minimum atomic E-state index is -0.0979. The summed E-state index contributed by atoms with van der Waals surface area (Å²) in [4.78, 5) is 14.8. The van der Waals surface area contributed by atoms with E-state index in [4.69, 9.17) is 0 Å². The monoisotopic (exact) mass is 233 g/mol. The summed E-state index contributed by atoms with van der Waals surface area (Å²) in [6.45, 7) is 1.82. The first-order chi connectivity index (χ1) is 8.25. The standard InChI is InChI=1S/C12H15N3O2/c16-9-3-4-10-11(6-9)15(12(17)14-10)8-2-1-5-13-7-8/h3-4,6,8,13,16H,1-2,5,7H2,(H,14,17). The molecule has 0 saturated carbocycles. The third kappa shape index (κ3) is 1.72. The molecular formula is C12H15N3O2. The number of aromatic hydroxyl groups is 1. The minimum absolute atomic E-state index is 0.0979. The van der Waals surface area contributed by atoms with Crippen molar-refractivity contribution < 1.29 is 5.11 Å². The van der Waals surface area contributed by atoms with Gasteiger partial charge in [0.1, 0.15) is 5.75 Å². The molecule has 0 spiro atoms. The lowest BCUT2D eigenvalue weighted by Crippen LogP contribution is -2.35. The minimum Gasteiger partial charge on any atom is -0.508 e. The average molecular weight is 233 g/mol. The molecule has 1 aliphatic rings. The first-order valence-corrected chi connectivity index (χ1v) is 5.89. The number of phenols is 1. The summed E-state index contributed by atoms with van der Waals surface area (Å²) in [7, 11) is 0. The Morgan fingerprint density at radius 3 is 3.06 bits per heavy atom. The molecule has 2 heterocycles. The van der Waals surface area contributed by atoms with Crippen LogP contribution in [0.2, 0.25) is 0 Å². The second kappa shape index (κ2) is 3.92. The first kappa shape index (κ1) is 10.4. The third-order valence-electron chi connectivity index (χ3n) is 3.34. The largest absolute Gasteiger partial charge is 0.508 e. The Balaban J connectivity index is 2.16. The lowest BCUT2D eigenvalue weighted by atomic mass is 10.1. The highest BCUT2D eigenvalue weighted by atomic mass is 16.3. The van der Waals surface area contributed by atoms with E-state index in [1.54, 1.807) is 22.8 Å². The summed E-state index contributed by atoms with van der Waals surface area (Å²) in [5, 5.41) is 12.8. The number of aromatic nitrogens is 2. The van der Waals surface area contributed by atoms with Crippen molar-refractivity contribution in [2.75, 3.05) is 13.1 Å². The van der Waals surface area contributed by atoms with Gasteiger partial charge >= 0.3 is 5.69 Å². The molecule has 90 valence electrons. The van der Waals surface area contributed by atoms with Crippen LogP contribution in [-0.2, 0) is 0 Å². The highest BCUT2D eigenvalue weighted by molar-refractivity contribution is 5.77. The van der Waals surface area contributed by atoms with Gasteiger partial charge in [-0.05, 0) is 31.5 Å². The number of hydrogen-bond acceptors (Lipinski definition) is 3. The van der Waals surface area contributed by atoms with E-state index in [0.717, 1.165) is 37.0 Å². The molecule has 1 aromatic carbocycles. The van der Waals surface area contributed by atoms with E-state index in [1.807, 2.05) is 0 Å². The summed E-state index contributed by atoms with van der Waals surface area (Å²) in [6, 6.07) is 5.13. The summed E-state index contributed by atoms with van der Waals surface area (Å²) in [5.74, 6) is 0.189. The van der Waals surface area contributed by atoms with Crippen LogP contribution in [0.15, 0.2) is 23.0 Å². The van der Waals surface area contributed by atoms with Crippen LogP contribution in [0.4, 0.5) is 0 Å². The van der Waals surface area contributed by atoms with Gasteiger partial charge in [-0.25, -0.2) is 4.79 Å². The summed E-state index contributed by atoms with van der Waals surface area (Å²) in [6.07, 6.45) is 2.07. The maximum Gasteiger partial charge on any atom is 0.326 e. The van der Waals surface area contributed by atoms with Crippen LogP contribution >= 0.6 is 0 Å². The predicted molar refractivity (Wildman–Crippen MR) is 65.4 cm³/mol. The lowest BCUT2D eigenvalue weighted by molar-refractivity contribution is 0.371. The van der Waals surface area contributed by atoms with Crippen LogP contribution in [0.25, 0.3) is 11.0 Å². The Morgan fingerprint density at radius 1 is 1.41 bits per heavy atom. The lowest BCUT2D eigenvalue weighted by Gasteiger charge is -2.23. The zero-order valence-corrected chi connectivity index (χ0v) is 9.44. The van der Waals surface area contributed by atoms with E-state index < -0.39 is 0 Å². The average Bonchev–Trinajstić information content (AvgIpc) is 2.65. The van der Waals surface area contributed by atoms with Crippen molar-refractivity contribution in [3.05, 3.63) is 28.7 Å². The van der Waals surface area contributed by atoms with Crippen molar-refractivity contribution in [3.8, 4) is 5.75 Å². The second-order valence-electron chi connectivity index (χ2n) is 4.50. The van der Waals surface area contributed by atoms with Crippen LogP contribution in [-0.4, -0.2) is 27.7 Å². The summed E-state index contributed by atoms with van der Waals surface area (Å²) in [5.41, 5.74) is 1.46. The van der Waals surface area contributed by atoms with Gasteiger partial charge < -0.3 is 15.4 Å². The van der Waals surface area contributed by atoms with E-state index in [2.05, 4.69) is 10.3 Å². The molecule has 2 aromatic rings. The molecular weight excluding hydrogens is 218 g/mol. The van der Waals surface area contributed by atoms with Gasteiger partial charge in [-0.2, -0.15) is 0 Å². The normalized spacial score (nSPS) is 20.8. The third-order valence-corrected chi connectivity index (χ3v) is 3.34. The SMILES string of the molecule is O=c1[nH]c2ccc(O)cc2n1C1CCCNC1. The highest BCUT2D eigenvalue weighted by Gasteiger charge is 2.19. The molecule has 1 saturated heterocycles. The molecule has 3 N–H and O–H groups in total. The van der Waals surface area contributed by atoms with E-state index >= 15 is 0 Å². The molecule has 17 heavy (non-hydrogen) atoms. The van der Waals surface area contributed by atoms with Crippen molar-refractivity contribution in [3.63, 3.8) is 0 Å². The zero-order chi connectivity index (χ0) is 11.8. The number of nitrogens with one attached hydrogen (secondary N) is 2. The molecule has 0 aliphatic carbocycles. The first-order valence-electron chi connectivity index (χ1n) is 5.89. The van der Waals surface area contributed by atoms with E-state index in [9.17, 15) is 9.90 Å². The van der Waals surface area contributed by atoms with Gasteiger partial charge in [0.2, 0.25) is 0 Å². The number of imidazole rings is 1. The van der Waals surface area contributed by atoms with Gasteiger partial charge in [0.15, 0.2) is 0 Å². The number of nitrogens with zero attached hydrogens (tertiary/aromatic N) is 1. The maximum atomic E-state index is 11.9. The van der Waals surface area contributed by atoms with Crippen molar-refractivity contribution in [2.24, 2.45) is 0 Å². The molecule has 0 bridgehead atoms. The zero-order valence-electron chi connectivity index (χ0n) is 9.44. The van der Waals surface area contributed by atoms with Gasteiger partial charge in [-0.1, -0.05) is 0 Å². The van der Waals surface area contributed by atoms with Gasteiger partial charge in [-0.15, -0.1) is 0 Å². The van der Waals surface area contributed by atoms with Gasteiger partial charge in [-0.3, -0.25) is 4.57 Å². The molecule has 1 aliphatic heterocycles. The number of rotatable bonds is 1. The van der Waals surface area contributed by atoms with Crippen LogP contribution in [0.1, 0.15) is 18.9 Å². The fraction of sp³-hybridized carbons (Fsp3) is 0.417. The van der Waals surface area contributed by atoms with Crippen molar-refractivity contribution in [1.29, 1.82) is 0 Å². The quantitative estimate of drug-likeness (QED) is 0.687. The Bertz CT molecular complexity index is 593. The molecule has 3 rings (SSSR count). The van der Waals surface area contributed by atoms with Crippen molar-refractivity contribution >= 4 is 11.0 Å². The smallest absolute Gasteiger partial charge is 0.326 e. The van der Waals surface area contributed by atoms with Crippen molar-refractivity contribution in [1.82, 2.24) is 14.9 Å². The molecule has 0 radical (unpaired) electrons. The molecule has 1 unspecified atom stereocenters. The van der Waals surface area contributed by atoms with E-state index in [1.165, 1.54) is 0 Å². The Kier molecular flexibility index (Phi) is 2.40. The number of phenolic OH excluding ortho intramolecular Hbond substituents is 1. The fourth-order valence-corrected chi connectivity index (χ4v) is 2.53.